The van der Waals surface area contributed by atoms with Gasteiger partial charge in [-0.15, -0.1) is 0 Å². The molecule has 0 aromatic rings. The standard InChI is InChI=1S/C9H19NO3/c1-3-5-12-6-7-13-9(11)8(10)4-2/h8H,3-7,10H2,1-2H3. The van der Waals surface area contributed by atoms with Gasteiger partial charge in [-0.3, -0.25) is 4.79 Å². The van der Waals surface area contributed by atoms with Gasteiger partial charge in [-0.05, 0) is 12.8 Å². The average Bonchev–Trinajstić information content (AvgIpc) is 2.16. The quantitative estimate of drug-likeness (QED) is 0.473. The van der Waals surface area contributed by atoms with Gasteiger partial charge in [0.2, 0.25) is 0 Å². The second-order valence-electron chi connectivity index (χ2n) is 2.79. The first-order valence-corrected chi connectivity index (χ1v) is 4.72. The van der Waals surface area contributed by atoms with Crippen LogP contribution in [0, 0.1) is 0 Å². The first kappa shape index (κ1) is 12.4. The van der Waals surface area contributed by atoms with Crippen molar-refractivity contribution in [2.24, 2.45) is 5.73 Å². The van der Waals surface area contributed by atoms with Gasteiger partial charge in [0.25, 0.3) is 0 Å². The van der Waals surface area contributed by atoms with Crippen LogP contribution in [0.15, 0.2) is 0 Å². The summed E-state index contributed by atoms with van der Waals surface area (Å²) in [5, 5.41) is 0. The summed E-state index contributed by atoms with van der Waals surface area (Å²) in [5.41, 5.74) is 5.44. The second kappa shape index (κ2) is 8.01. The summed E-state index contributed by atoms with van der Waals surface area (Å²) in [4.78, 5) is 11.0. The van der Waals surface area contributed by atoms with E-state index in [1.54, 1.807) is 0 Å². The van der Waals surface area contributed by atoms with Crippen LogP contribution in [0.5, 0.6) is 0 Å². The summed E-state index contributed by atoms with van der Waals surface area (Å²) < 4.78 is 9.98. The lowest BCUT2D eigenvalue weighted by Crippen LogP contribution is -2.32. The van der Waals surface area contributed by atoms with Gasteiger partial charge in [-0.2, -0.15) is 0 Å². The SMILES string of the molecule is CCCOCCOC(=O)C(N)CC. The lowest BCUT2D eigenvalue weighted by Gasteiger charge is -2.08. The lowest BCUT2D eigenvalue weighted by atomic mass is 10.2. The Morgan fingerprint density at radius 1 is 1.31 bits per heavy atom. The molecule has 0 aromatic carbocycles. The van der Waals surface area contributed by atoms with Gasteiger partial charge in [-0.25, -0.2) is 0 Å². The molecule has 0 aliphatic rings. The van der Waals surface area contributed by atoms with E-state index < -0.39 is 6.04 Å². The van der Waals surface area contributed by atoms with Gasteiger partial charge in [0.15, 0.2) is 0 Å². The van der Waals surface area contributed by atoms with E-state index in [1.807, 2.05) is 13.8 Å². The van der Waals surface area contributed by atoms with E-state index in [-0.39, 0.29) is 5.97 Å². The maximum absolute atomic E-state index is 11.0. The van der Waals surface area contributed by atoms with Crippen molar-refractivity contribution < 1.29 is 14.3 Å². The first-order chi connectivity index (χ1) is 6.22. The minimum atomic E-state index is -0.494. The summed E-state index contributed by atoms with van der Waals surface area (Å²) in [6.45, 7) is 5.33. The molecule has 0 spiro atoms. The number of hydrogen-bond acceptors (Lipinski definition) is 4. The Hall–Kier alpha value is -0.610. The molecule has 0 heterocycles. The van der Waals surface area contributed by atoms with Crippen LogP contribution >= 0.6 is 0 Å². The third-order valence-corrected chi connectivity index (χ3v) is 1.56. The molecule has 13 heavy (non-hydrogen) atoms. The van der Waals surface area contributed by atoms with Crippen LogP contribution in [0.25, 0.3) is 0 Å². The predicted octanol–water partition coefficient (Wildman–Crippen LogP) is 0.694. The molecule has 0 aliphatic heterocycles. The van der Waals surface area contributed by atoms with E-state index in [0.717, 1.165) is 6.42 Å². The highest BCUT2D eigenvalue weighted by Gasteiger charge is 2.11. The van der Waals surface area contributed by atoms with Crippen molar-refractivity contribution in [2.45, 2.75) is 32.7 Å². The van der Waals surface area contributed by atoms with E-state index >= 15 is 0 Å². The van der Waals surface area contributed by atoms with Gasteiger partial charge < -0.3 is 15.2 Å². The zero-order chi connectivity index (χ0) is 10.1. The number of carbonyl (C=O) groups excluding carboxylic acids is 1. The lowest BCUT2D eigenvalue weighted by molar-refractivity contribution is -0.146. The summed E-state index contributed by atoms with van der Waals surface area (Å²) in [6, 6.07) is -0.494. The molecule has 0 fully saturated rings. The number of ether oxygens (including phenoxy) is 2. The second-order valence-corrected chi connectivity index (χ2v) is 2.79. The van der Waals surface area contributed by atoms with Crippen molar-refractivity contribution in [3.63, 3.8) is 0 Å². The highest BCUT2D eigenvalue weighted by molar-refractivity contribution is 5.75. The van der Waals surface area contributed by atoms with Crippen molar-refractivity contribution in [3.8, 4) is 0 Å². The zero-order valence-electron chi connectivity index (χ0n) is 8.41. The van der Waals surface area contributed by atoms with Gasteiger partial charge in [-0.1, -0.05) is 13.8 Å². The summed E-state index contributed by atoms with van der Waals surface area (Å²) in [5.74, 6) is -0.345. The highest BCUT2D eigenvalue weighted by atomic mass is 16.6. The van der Waals surface area contributed by atoms with Gasteiger partial charge >= 0.3 is 5.97 Å². The normalized spacial score (nSPS) is 12.5. The van der Waals surface area contributed by atoms with E-state index in [2.05, 4.69) is 0 Å². The molecule has 0 amide bonds. The van der Waals surface area contributed by atoms with Crippen molar-refractivity contribution >= 4 is 5.97 Å². The Bertz CT molecular complexity index is 139. The molecule has 0 saturated carbocycles. The molecule has 4 nitrogen and oxygen atoms in total. The summed E-state index contributed by atoms with van der Waals surface area (Å²) in [6.07, 6.45) is 1.58. The van der Waals surface area contributed by atoms with Crippen LogP contribution < -0.4 is 5.73 Å². The van der Waals surface area contributed by atoms with Crippen LogP contribution in [0.3, 0.4) is 0 Å². The zero-order valence-corrected chi connectivity index (χ0v) is 8.41. The molecule has 4 heteroatoms. The summed E-state index contributed by atoms with van der Waals surface area (Å²) >= 11 is 0. The Kier molecular flexibility index (Phi) is 7.63. The van der Waals surface area contributed by atoms with Crippen molar-refractivity contribution in [1.82, 2.24) is 0 Å². The smallest absolute Gasteiger partial charge is 0.322 e. The minimum absolute atomic E-state index is 0.298. The summed E-state index contributed by atoms with van der Waals surface area (Å²) in [7, 11) is 0. The predicted molar refractivity (Wildman–Crippen MR) is 50.3 cm³/mol. The van der Waals surface area contributed by atoms with Crippen LogP contribution in [0.4, 0.5) is 0 Å². The Morgan fingerprint density at radius 3 is 2.54 bits per heavy atom. The Morgan fingerprint density at radius 2 is 2.00 bits per heavy atom. The third-order valence-electron chi connectivity index (χ3n) is 1.56. The van der Waals surface area contributed by atoms with E-state index in [9.17, 15) is 4.79 Å². The van der Waals surface area contributed by atoms with Crippen molar-refractivity contribution in [1.29, 1.82) is 0 Å². The molecular weight excluding hydrogens is 170 g/mol. The average molecular weight is 189 g/mol. The van der Waals surface area contributed by atoms with E-state index in [0.29, 0.717) is 26.2 Å². The minimum Gasteiger partial charge on any atom is -0.462 e. The van der Waals surface area contributed by atoms with Gasteiger partial charge in [0.1, 0.15) is 12.6 Å². The Labute approximate surface area is 79.4 Å². The highest BCUT2D eigenvalue weighted by Crippen LogP contribution is 1.90. The molecule has 0 rings (SSSR count). The largest absolute Gasteiger partial charge is 0.462 e. The molecule has 0 radical (unpaired) electrons. The van der Waals surface area contributed by atoms with Crippen molar-refractivity contribution in [3.05, 3.63) is 0 Å². The number of rotatable bonds is 7. The van der Waals surface area contributed by atoms with Crippen LogP contribution in [-0.2, 0) is 14.3 Å². The molecule has 78 valence electrons. The molecule has 2 N–H and O–H groups in total. The third kappa shape index (κ3) is 6.54. The van der Waals surface area contributed by atoms with Gasteiger partial charge in [0, 0.05) is 6.61 Å². The van der Waals surface area contributed by atoms with E-state index in [1.165, 1.54) is 0 Å². The van der Waals surface area contributed by atoms with Gasteiger partial charge in [0.05, 0.1) is 6.61 Å². The topological polar surface area (TPSA) is 61.5 Å². The molecule has 1 atom stereocenters. The fourth-order valence-corrected chi connectivity index (χ4v) is 0.721. The van der Waals surface area contributed by atoms with Crippen LogP contribution in [-0.4, -0.2) is 31.8 Å². The maximum atomic E-state index is 11.0. The van der Waals surface area contributed by atoms with Crippen molar-refractivity contribution in [2.75, 3.05) is 19.8 Å². The number of nitrogens with two attached hydrogens (primary N) is 1. The van der Waals surface area contributed by atoms with Crippen LogP contribution in [0.1, 0.15) is 26.7 Å². The monoisotopic (exact) mass is 189 g/mol. The van der Waals surface area contributed by atoms with E-state index in [4.69, 9.17) is 15.2 Å². The molecule has 0 bridgehead atoms. The molecular formula is C9H19NO3. The number of hydrogen-bond donors (Lipinski definition) is 1. The molecule has 0 saturated heterocycles. The first-order valence-electron chi connectivity index (χ1n) is 4.72. The number of esters is 1. The fraction of sp³-hybridized carbons (Fsp3) is 0.889. The van der Waals surface area contributed by atoms with Crippen LogP contribution in [0.2, 0.25) is 0 Å². The molecule has 0 aromatic heterocycles. The molecule has 0 aliphatic carbocycles. The maximum Gasteiger partial charge on any atom is 0.322 e. The number of carbonyl (C=O) groups is 1. The Balaban J connectivity index is 3.27. The fourth-order valence-electron chi connectivity index (χ4n) is 0.721. The molecule has 1 unspecified atom stereocenters.